The van der Waals surface area contributed by atoms with Gasteiger partial charge in [0.05, 0.1) is 10.7 Å². The SMILES string of the molecule is Cc1ccc(NC(=O)C2(C(=O)Nc3cc(Cl)ccc3Cl)CC2)cc1Cl. The Labute approximate surface area is 160 Å². The van der Waals surface area contributed by atoms with Crippen molar-refractivity contribution in [3.63, 3.8) is 0 Å². The molecule has 25 heavy (non-hydrogen) atoms. The van der Waals surface area contributed by atoms with E-state index in [4.69, 9.17) is 34.8 Å². The Kier molecular flexibility index (Phi) is 4.96. The molecule has 0 bridgehead atoms. The minimum Gasteiger partial charge on any atom is -0.325 e. The summed E-state index contributed by atoms with van der Waals surface area (Å²) in [4.78, 5) is 25.2. The number of aryl methyl sites for hydroxylation is 1. The Bertz CT molecular complexity index is 863. The number of carbonyl (C=O) groups excluding carboxylic acids is 2. The highest BCUT2D eigenvalue weighted by atomic mass is 35.5. The molecule has 2 aromatic rings. The molecule has 1 fully saturated rings. The van der Waals surface area contributed by atoms with Gasteiger partial charge in [0.25, 0.3) is 0 Å². The molecule has 0 atom stereocenters. The van der Waals surface area contributed by atoms with Crippen LogP contribution in [0.25, 0.3) is 0 Å². The highest BCUT2D eigenvalue weighted by Crippen LogP contribution is 2.48. The maximum absolute atomic E-state index is 12.6. The zero-order valence-electron chi connectivity index (χ0n) is 13.3. The van der Waals surface area contributed by atoms with Crippen LogP contribution in [0.5, 0.6) is 0 Å². The van der Waals surface area contributed by atoms with Crippen molar-refractivity contribution in [1.29, 1.82) is 0 Å². The van der Waals surface area contributed by atoms with Crippen LogP contribution in [0.1, 0.15) is 18.4 Å². The maximum Gasteiger partial charge on any atom is 0.240 e. The lowest BCUT2D eigenvalue weighted by Gasteiger charge is -2.16. The number of hydrogen-bond acceptors (Lipinski definition) is 2. The molecule has 0 heterocycles. The summed E-state index contributed by atoms with van der Waals surface area (Å²) in [7, 11) is 0. The van der Waals surface area contributed by atoms with Crippen LogP contribution in [-0.4, -0.2) is 11.8 Å². The Morgan fingerprint density at radius 1 is 0.920 bits per heavy atom. The molecule has 0 aliphatic heterocycles. The topological polar surface area (TPSA) is 58.2 Å². The Balaban J connectivity index is 1.74. The number of amides is 2. The van der Waals surface area contributed by atoms with Gasteiger partial charge >= 0.3 is 0 Å². The number of carbonyl (C=O) groups is 2. The van der Waals surface area contributed by atoms with E-state index in [-0.39, 0.29) is 5.91 Å². The molecule has 3 rings (SSSR count). The fraction of sp³-hybridized carbons (Fsp3) is 0.222. The number of benzene rings is 2. The molecule has 2 amide bonds. The van der Waals surface area contributed by atoms with Gasteiger partial charge in [-0.3, -0.25) is 9.59 Å². The molecular weight excluding hydrogens is 383 g/mol. The average molecular weight is 398 g/mol. The summed E-state index contributed by atoms with van der Waals surface area (Å²) >= 11 is 18.1. The summed E-state index contributed by atoms with van der Waals surface area (Å²) in [6.07, 6.45) is 0.949. The lowest BCUT2D eigenvalue weighted by molar-refractivity contribution is -0.131. The minimum atomic E-state index is -1.09. The highest BCUT2D eigenvalue weighted by Gasteiger charge is 2.56. The Morgan fingerprint density at radius 3 is 2.24 bits per heavy atom. The predicted octanol–water partition coefficient (Wildman–Crippen LogP) is 5.31. The van der Waals surface area contributed by atoms with Crippen LogP contribution >= 0.6 is 34.8 Å². The fourth-order valence-corrected chi connectivity index (χ4v) is 2.96. The van der Waals surface area contributed by atoms with Gasteiger partial charge in [-0.05, 0) is 55.7 Å². The van der Waals surface area contributed by atoms with Crippen LogP contribution in [-0.2, 0) is 9.59 Å². The highest BCUT2D eigenvalue weighted by molar-refractivity contribution is 6.36. The largest absolute Gasteiger partial charge is 0.325 e. The van der Waals surface area contributed by atoms with Gasteiger partial charge in [-0.2, -0.15) is 0 Å². The van der Waals surface area contributed by atoms with Crippen molar-refractivity contribution in [2.45, 2.75) is 19.8 Å². The lowest BCUT2D eigenvalue weighted by Crippen LogP contribution is -2.35. The molecule has 2 N–H and O–H groups in total. The third-order valence-electron chi connectivity index (χ3n) is 4.23. The first-order valence-corrected chi connectivity index (χ1v) is 8.79. The molecule has 130 valence electrons. The number of halogens is 3. The molecule has 7 heteroatoms. The van der Waals surface area contributed by atoms with E-state index in [9.17, 15) is 9.59 Å². The molecular formula is C18H15Cl3N2O2. The first-order chi connectivity index (χ1) is 11.8. The molecule has 0 unspecified atom stereocenters. The Morgan fingerprint density at radius 2 is 1.60 bits per heavy atom. The normalized spacial score (nSPS) is 14.7. The van der Waals surface area contributed by atoms with Crippen LogP contribution in [0.15, 0.2) is 36.4 Å². The van der Waals surface area contributed by atoms with E-state index < -0.39 is 11.3 Å². The summed E-state index contributed by atoms with van der Waals surface area (Å²) in [5, 5.41) is 6.82. The molecule has 0 saturated heterocycles. The third kappa shape index (κ3) is 3.76. The summed E-state index contributed by atoms with van der Waals surface area (Å²) in [6, 6.07) is 9.99. The van der Waals surface area contributed by atoms with Crippen LogP contribution in [0.3, 0.4) is 0 Å². The first kappa shape index (κ1) is 18.1. The van der Waals surface area contributed by atoms with E-state index >= 15 is 0 Å². The second kappa shape index (κ2) is 6.87. The maximum atomic E-state index is 12.6. The molecule has 0 aromatic heterocycles. The van der Waals surface area contributed by atoms with E-state index in [1.54, 1.807) is 30.3 Å². The van der Waals surface area contributed by atoms with E-state index in [2.05, 4.69) is 10.6 Å². The number of rotatable bonds is 4. The van der Waals surface area contributed by atoms with Gasteiger partial charge in [0, 0.05) is 15.7 Å². The van der Waals surface area contributed by atoms with Crippen molar-refractivity contribution in [2.24, 2.45) is 5.41 Å². The molecule has 0 spiro atoms. The first-order valence-electron chi connectivity index (χ1n) is 7.66. The molecule has 2 aromatic carbocycles. The van der Waals surface area contributed by atoms with Crippen molar-refractivity contribution < 1.29 is 9.59 Å². The fourth-order valence-electron chi connectivity index (χ4n) is 2.44. The molecule has 1 aliphatic carbocycles. The third-order valence-corrected chi connectivity index (χ3v) is 5.20. The van der Waals surface area contributed by atoms with Crippen molar-refractivity contribution >= 4 is 58.0 Å². The van der Waals surface area contributed by atoms with Crippen LogP contribution < -0.4 is 10.6 Å². The van der Waals surface area contributed by atoms with E-state index in [0.717, 1.165) is 5.56 Å². The van der Waals surface area contributed by atoms with Crippen molar-refractivity contribution in [3.05, 3.63) is 57.0 Å². The van der Waals surface area contributed by atoms with Gasteiger partial charge < -0.3 is 10.6 Å². The van der Waals surface area contributed by atoms with Crippen molar-refractivity contribution in [3.8, 4) is 0 Å². The van der Waals surface area contributed by atoms with Gasteiger partial charge in [-0.1, -0.05) is 40.9 Å². The number of nitrogens with one attached hydrogen (secondary N) is 2. The van der Waals surface area contributed by atoms with Gasteiger partial charge in [0.1, 0.15) is 5.41 Å². The monoisotopic (exact) mass is 396 g/mol. The van der Waals surface area contributed by atoms with Gasteiger partial charge in [0.15, 0.2) is 0 Å². The zero-order chi connectivity index (χ0) is 18.2. The molecule has 1 saturated carbocycles. The predicted molar refractivity (Wildman–Crippen MR) is 102 cm³/mol. The number of anilines is 2. The summed E-state index contributed by atoms with van der Waals surface area (Å²) in [5.41, 5.74) is 0.759. The van der Waals surface area contributed by atoms with E-state index in [1.807, 2.05) is 13.0 Å². The second-order valence-electron chi connectivity index (χ2n) is 6.08. The standard InChI is InChI=1S/C18H15Cl3N2O2/c1-10-2-4-12(9-14(10)21)22-16(24)18(6-7-18)17(25)23-15-8-11(19)3-5-13(15)20/h2-5,8-9H,6-7H2,1H3,(H,22,24)(H,23,25). The molecule has 4 nitrogen and oxygen atoms in total. The van der Waals surface area contributed by atoms with E-state index in [0.29, 0.717) is 39.3 Å². The zero-order valence-corrected chi connectivity index (χ0v) is 15.6. The quantitative estimate of drug-likeness (QED) is 0.687. The average Bonchev–Trinajstić information content (AvgIpc) is 3.36. The van der Waals surface area contributed by atoms with E-state index in [1.165, 1.54) is 0 Å². The Hall–Kier alpha value is -1.75. The van der Waals surface area contributed by atoms with Gasteiger partial charge in [0.2, 0.25) is 11.8 Å². The smallest absolute Gasteiger partial charge is 0.240 e. The molecule has 0 radical (unpaired) electrons. The summed E-state index contributed by atoms with van der Waals surface area (Å²) < 4.78 is 0. The minimum absolute atomic E-state index is 0.358. The summed E-state index contributed by atoms with van der Waals surface area (Å²) in [5.74, 6) is -0.754. The van der Waals surface area contributed by atoms with Crippen LogP contribution in [0.2, 0.25) is 15.1 Å². The van der Waals surface area contributed by atoms with Crippen LogP contribution in [0.4, 0.5) is 11.4 Å². The lowest BCUT2D eigenvalue weighted by atomic mass is 10.0. The van der Waals surface area contributed by atoms with Crippen molar-refractivity contribution in [1.82, 2.24) is 0 Å². The molecule has 1 aliphatic rings. The van der Waals surface area contributed by atoms with Gasteiger partial charge in [-0.15, -0.1) is 0 Å². The van der Waals surface area contributed by atoms with Gasteiger partial charge in [-0.25, -0.2) is 0 Å². The second-order valence-corrected chi connectivity index (χ2v) is 7.33. The number of hydrogen-bond donors (Lipinski definition) is 2. The van der Waals surface area contributed by atoms with Crippen LogP contribution in [0, 0.1) is 12.3 Å². The summed E-state index contributed by atoms with van der Waals surface area (Å²) in [6.45, 7) is 1.87. The van der Waals surface area contributed by atoms with Crippen molar-refractivity contribution in [2.75, 3.05) is 10.6 Å².